The van der Waals surface area contributed by atoms with Crippen LogP contribution in [0, 0.1) is 5.92 Å². The average molecular weight is 874 g/mol. The number of carbonyl (C=O) groups is 6. The van der Waals surface area contributed by atoms with E-state index in [1.807, 2.05) is 25.1 Å². The smallest absolute Gasteiger partial charge is 0.409 e. The molecule has 2 saturated heterocycles. The third kappa shape index (κ3) is 12.8. The van der Waals surface area contributed by atoms with Crippen LogP contribution in [0.1, 0.15) is 71.8 Å². The van der Waals surface area contributed by atoms with Gasteiger partial charge in [-0.05, 0) is 57.7 Å². The summed E-state index contributed by atoms with van der Waals surface area (Å²) in [5, 5.41) is 20.1. The zero-order valence-electron chi connectivity index (χ0n) is 36.2. The Hall–Kier alpha value is -4.97. The van der Waals surface area contributed by atoms with Gasteiger partial charge in [0, 0.05) is 58.8 Å². The lowest BCUT2D eigenvalue weighted by atomic mass is 9.83. The maximum atomic E-state index is 13.5. The Morgan fingerprint density at radius 2 is 1.80 bits per heavy atom. The maximum absolute atomic E-state index is 13.5. The van der Waals surface area contributed by atoms with E-state index >= 15 is 0 Å². The molecule has 0 bridgehead atoms. The zero-order valence-corrected chi connectivity index (χ0v) is 36.9. The molecule has 1 aromatic rings. The van der Waals surface area contributed by atoms with Gasteiger partial charge in [-0.1, -0.05) is 61.2 Å². The van der Waals surface area contributed by atoms with Gasteiger partial charge in [-0.15, -0.1) is 0 Å². The minimum atomic E-state index is -1.86. The zero-order chi connectivity index (χ0) is 45.1. The second kappa shape index (κ2) is 21.7. The number of hydrogen-bond acceptors (Lipinski definition) is 12. The predicted molar refractivity (Wildman–Crippen MR) is 224 cm³/mol. The van der Waals surface area contributed by atoms with Crippen LogP contribution in [0.4, 0.5) is 9.59 Å². The number of halogens is 1. The van der Waals surface area contributed by atoms with Crippen molar-refractivity contribution in [1.82, 2.24) is 25.8 Å². The predicted octanol–water partition coefficient (Wildman–Crippen LogP) is 3.95. The number of unbranched alkanes of at least 4 members (excludes halogenated alkanes) is 3. The number of amides is 6. The highest BCUT2D eigenvalue weighted by Gasteiger charge is 2.64. The van der Waals surface area contributed by atoms with Crippen molar-refractivity contribution in [1.29, 1.82) is 0 Å². The molecule has 4 N–H and O–H groups in total. The first-order valence-electron chi connectivity index (χ1n) is 20.4. The Morgan fingerprint density at radius 1 is 1.11 bits per heavy atom. The van der Waals surface area contributed by atoms with E-state index in [0.717, 1.165) is 24.0 Å². The van der Waals surface area contributed by atoms with Crippen LogP contribution in [-0.2, 0) is 44.5 Å². The number of alkyl carbamates (subject to hydrolysis) is 1. The molecule has 0 radical (unpaired) electrons. The Balaban J connectivity index is 1.32. The van der Waals surface area contributed by atoms with Crippen molar-refractivity contribution in [2.24, 2.45) is 5.92 Å². The molecular weight excluding hydrogens is 814 g/mol. The van der Waals surface area contributed by atoms with Gasteiger partial charge in [0.2, 0.25) is 5.91 Å². The van der Waals surface area contributed by atoms with Crippen molar-refractivity contribution in [3.8, 4) is 5.75 Å². The van der Waals surface area contributed by atoms with Crippen LogP contribution >= 0.6 is 11.6 Å². The standard InChI is InChI=1S/C43H60ClN5O12/c1-26(22-29-16-17-30(44)31(23-29)57-7)14-13-15-33(58-8)43(56)25-32(59-41(55)47-43)27(2)38-42(4,61-38)34(24-35(50)45-5)60-39(53)28(3)48(6)40(54)46-20-11-9-10-12-21-49-36(51)18-19-37(49)52/h13-19,23,27-28,32-34,38,56H,9-12,20-22,24-25H2,1-8H3,(H,45,50)(H,46,54)(H,47,55)/b15-13+,26-14+/t27?,28-,32?,33?,34?,38?,42?,43?/m0/s1. The molecule has 336 valence electrons. The van der Waals surface area contributed by atoms with E-state index in [4.69, 9.17) is 35.3 Å². The number of hydrogen-bond donors (Lipinski definition) is 4. The molecule has 17 nitrogen and oxygen atoms in total. The molecule has 4 rings (SSSR count). The summed E-state index contributed by atoms with van der Waals surface area (Å²) in [4.78, 5) is 77.7. The number of imide groups is 1. The second-order valence-electron chi connectivity index (χ2n) is 15.9. The number of epoxide rings is 1. The molecular formula is C43H60ClN5O12. The molecule has 1 aromatic carbocycles. The fraction of sp³-hybridized carbons (Fsp3) is 0.581. The van der Waals surface area contributed by atoms with Gasteiger partial charge in [-0.2, -0.15) is 0 Å². The molecule has 3 heterocycles. The number of allylic oxidation sites excluding steroid dienone is 3. The van der Waals surface area contributed by atoms with Crippen LogP contribution < -0.4 is 20.7 Å². The molecule has 0 saturated carbocycles. The summed E-state index contributed by atoms with van der Waals surface area (Å²) in [7, 11) is 5.88. The SMILES string of the molecule is CNC(=O)CC(OC(=O)[C@H](C)N(C)C(=O)NCCCCCCN1C(=O)C=CC1=O)C1(C)OC1C(C)C1CC(O)(C(/C=C/C=C(\C)Cc2ccc(Cl)c(OC)c2)OC)NC(=O)O1. The lowest BCUT2D eigenvalue weighted by Gasteiger charge is -2.42. The van der Waals surface area contributed by atoms with E-state index in [0.29, 0.717) is 43.1 Å². The van der Waals surface area contributed by atoms with E-state index in [-0.39, 0.29) is 24.7 Å². The molecule has 0 spiro atoms. The number of aliphatic hydroxyl groups is 1. The summed E-state index contributed by atoms with van der Waals surface area (Å²) in [6, 6.07) is 4.01. The van der Waals surface area contributed by atoms with Crippen LogP contribution in [0.3, 0.4) is 0 Å². The van der Waals surface area contributed by atoms with Gasteiger partial charge in [0.15, 0.2) is 5.72 Å². The first kappa shape index (κ1) is 48.7. The quantitative estimate of drug-likeness (QED) is 0.0429. The van der Waals surface area contributed by atoms with Crippen molar-refractivity contribution < 1.29 is 57.6 Å². The lowest BCUT2D eigenvalue weighted by molar-refractivity contribution is -0.158. The second-order valence-corrected chi connectivity index (χ2v) is 16.3. The highest BCUT2D eigenvalue weighted by Crippen LogP contribution is 2.48. The number of likely N-dealkylation sites (N-methyl/N-ethyl adjacent to an activating group) is 1. The minimum absolute atomic E-state index is 0.0822. The summed E-state index contributed by atoms with van der Waals surface area (Å²) in [5.74, 6) is -1.76. The van der Waals surface area contributed by atoms with Gasteiger partial charge in [-0.25, -0.2) is 14.4 Å². The topological polar surface area (TPSA) is 215 Å². The molecule has 8 atom stereocenters. The Morgan fingerprint density at radius 3 is 2.46 bits per heavy atom. The van der Waals surface area contributed by atoms with E-state index < -0.39 is 71.7 Å². The first-order chi connectivity index (χ1) is 28.9. The highest BCUT2D eigenvalue weighted by atomic mass is 35.5. The molecule has 0 aromatic heterocycles. The van der Waals surface area contributed by atoms with Crippen molar-refractivity contribution in [3.63, 3.8) is 0 Å². The van der Waals surface area contributed by atoms with Gasteiger partial charge in [0.25, 0.3) is 11.8 Å². The molecule has 3 aliphatic heterocycles. The van der Waals surface area contributed by atoms with E-state index in [2.05, 4.69) is 16.0 Å². The van der Waals surface area contributed by atoms with Gasteiger partial charge >= 0.3 is 18.1 Å². The summed E-state index contributed by atoms with van der Waals surface area (Å²) >= 11 is 6.16. The molecule has 2 fully saturated rings. The third-order valence-corrected chi connectivity index (χ3v) is 11.7. The van der Waals surface area contributed by atoms with Crippen molar-refractivity contribution in [3.05, 3.63) is 64.7 Å². The van der Waals surface area contributed by atoms with Crippen molar-refractivity contribution >= 4 is 47.4 Å². The fourth-order valence-electron chi connectivity index (χ4n) is 7.42. The van der Waals surface area contributed by atoms with E-state index in [9.17, 15) is 33.9 Å². The van der Waals surface area contributed by atoms with Crippen LogP contribution in [-0.4, -0.2) is 134 Å². The molecule has 3 aliphatic rings. The monoisotopic (exact) mass is 873 g/mol. The van der Waals surface area contributed by atoms with Crippen LogP contribution in [0.15, 0.2) is 54.2 Å². The van der Waals surface area contributed by atoms with Gasteiger partial charge in [-0.3, -0.25) is 24.6 Å². The summed E-state index contributed by atoms with van der Waals surface area (Å²) in [5.41, 5.74) is -1.05. The normalized spacial score (nSPS) is 24.4. The molecule has 0 aliphatic carbocycles. The van der Waals surface area contributed by atoms with E-state index in [1.165, 1.54) is 50.1 Å². The number of nitrogens with one attached hydrogen (secondary N) is 3. The van der Waals surface area contributed by atoms with Crippen molar-refractivity contribution in [2.45, 2.75) is 114 Å². The number of nitrogens with zero attached hydrogens (tertiary/aromatic N) is 2. The Bertz CT molecular complexity index is 1860. The van der Waals surface area contributed by atoms with Gasteiger partial charge in [0.05, 0.1) is 24.7 Å². The number of methoxy groups -OCH3 is 2. The lowest BCUT2D eigenvalue weighted by Crippen LogP contribution is -2.63. The fourth-order valence-corrected chi connectivity index (χ4v) is 7.61. The summed E-state index contributed by atoms with van der Waals surface area (Å²) in [6.07, 6.45) is 6.42. The Kier molecular flexibility index (Phi) is 17.3. The number of ether oxygens (including phenoxy) is 5. The maximum Gasteiger partial charge on any atom is 0.409 e. The van der Waals surface area contributed by atoms with Crippen LogP contribution in [0.5, 0.6) is 5.75 Å². The van der Waals surface area contributed by atoms with Crippen molar-refractivity contribution in [2.75, 3.05) is 41.4 Å². The average Bonchev–Trinajstić information content (AvgIpc) is 3.82. The molecule has 7 unspecified atom stereocenters. The first-order valence-corrected chi connectivity index (χ1v) is 20.8. The largest absolute Gasteiger partial charge is 0.495 e. The molecule has 6 amide bonds. The minimum Gasteiger partial charge on any atom is -0.495 e. The number of cyclic esters (lactones) is 1. The van der Waals surface area contributed by atoms with Gasteiger partial charge < -0.3 is 44.3 Å². The van der Waals surface area contributed by atoms with Crippen LogP contribution in [0.2, 0.25) is 5.02 Å². The van der Waals surface area contributed by atoms with Crippen LogP contribution in [0.25, 0.3) is 0 Å². The number of rotatable bonds is 22. The third-order valence-electron chi connectivity index (χ3n) is 11.4. The van der Waals surface area contributed by atoms with Gasteiger partial charge in [0.1, 0.15) is 35.7 Å². The number of urea groups is 1. The number of carbonyl (C=O) groups excluding carboxylic acids is 6. The molecule has 18 heteroatoms. The summed E-state index contributed by atoms with van der Waals surface area (Å²) < 4.78 is 28.6. The van der Waals surface area contributed by atoms with E-state index in [1.54, 1.807) is 39.2 Å². The highest BCUT2D eigenvalue weighted by molar-refractivity contribution is 6.32. The number of esters is 1. The Labute approximate surface area is 362 Å². The number of benzene rings is 1. The summed E-state index contributed by atoms with van der Waals surface area (Å²) in [6.45, 7) is 7.62. The molecule has 61 heavy (non-hydrogen) atoms.